The maximum absolute atomic E-state index is 14.9. The van der Waals surface area contributed by atoms with E-state index in [2.05, 4.69) is 10.2 Å². The Balaban J connectivity index is 1.43. The van der Waals surface area contributed by atoms with Crippen molar-refractivity contribution in [3.05, 3.63) is 53.8 Å². The fraction of sp³-hybridized carbons (Fsp3) is 0.391. The molecule has 2 aliphatic rings. The Kier molecular flexibility index (Phi) is 6.20. The zero-order chi connectivity index (χ0) is 22.0. The zero-order valence-electron chi connectivity index (χ0n) is 17.5. The van der Waals surface area contributed by atoms with E-state index in [1.165, 1.54) is 23.5 Å². The van der Waals surface area contributed by atoms with Crippen LogP contribution in [0.2, 0.25) is 0 Å². The molecular weight excluding hydrogens is 399 g/mol. The molecule has 0 radical (unpaired) electrons. The molecular formula is C23H27FN4O3. The van der Waals surface area contributed by atoms with E-state index in [1.54, 1.807) is 12.1 Å². The van der Waals surface area contributed by atoms with Crippen molar-refractivity contribution < 1.29 is 18.7 Å². The Bertz CT molecular complexity index is 966. The summed E-state index contributed by atoms with van der Waals surface area (Å²) in [6, 6.07) is 12.8. The molecule has 31 heavy (non-hydrogen) atoms. The summed E-state index contributed by atoms with van der Waals surface area (Å²) in [7, 11) is 0. The number of rotatable bonds is 6. The van der Waals surface area contributed by atoms with Gasteiger partial charge in [0, 0.05) is 38.2 Å². The van der Waals surface area contributed by atoms with Crippen molar-refractivity contribution in [2.75, 3.05) is 31.1 Å². The molecule has 4 rings (SSSR count). The molecule has 0 spiro atoms. The number of hydrogen-bond donors (Lipinski definition) is 2. The standard InChI is InChI=1S/C23H27FN4O3/c1-15(29)26-11-20-14-28(23(30)31-20)19-6-7-21(22(24)10-19)17-4-2-16(3-5-17)12-27-9-8-18(25)13-27/h2-7,10,18,20H,8-9,11-14,25H2,1H3,(H,26,29)/t18?,20-/m0/s1. The maximum atomic E-state index is 14.9. The first kappa shape index (κ1) is 21.3. The highest BCUT2D eigenvalue weighted by atomic mass is 19.1. The largest absolute Gasteiger partial charge is 0.442 e. The van der Waals surface area contributed by atoms with Gasteiger partial charge in [-0.25, -0.2) is 9.18 Å². The second-order valence-corrected chi connectivity index (χ2v) is 8.20. The summed E-state index contributed by atoms with van der Waals surface area (Å²) < 4.78 is 20.1. The van der Waals surface area contributed by atoms with Crippen LogP contribution in [0.15, 0.2) is 42.5 Å². The molecule has 2 saturated heterocycles. The summed E-state index contributed by atoms with van der Waals surface area (Å²) in [4.78, 5) is 26.9. The molecule has 2 aliphatic heterocycles. The first-order chi connectivity index (χ1) is 14.9. The van der Waals surface area contributed by atoms with Crippen LogP contribution in [-0.4, -0.2) is 55.2 Å². The second kappa shape index (κ2) is 9.03. The van der Waals surface area contributed by atoms with Gasteiger partial charge in [-0.3, -0.25) is 14.6 Å². The fourth-order valence-corrected chi connectivity index (χ4v) is 4.06. The van der Waals surface area contributed by atoms with Crippen LogP contribution >= 0.6 is 0 Å². The molecule has 2 atom stereocenters. The van der Waals surface area contributed by atoms with E-state index in [0.29, 0.717) is 11.3 Å². The predicted molar refractivity (Wildman–Crippen MR) is 116 cm³/mol. The highest BCUT2D eigenvalue weighted by Gasteiger charge is 2.32. The highest BCUT2D eigenvalue weighted by Crippen LogP contribution is 2.29. The zero-order valence-corrected chi connectivity index (χ0v) is 17.5. The lowest BCUT2D eigenvalue weighted by Crippen LogP contribution is -2.33. The quantitative estimate of drug-likeness (QED) is 0.741. The maximum Gasteiger partial charge on any atom is 0.414 e. The predicted octanol–water partition coefficient (Wildman–Crippen LogP) is 2.49. The van der Waals surface area contributed by atoms with Gasteiger partial charge in [-0.15, -0.1) is 0 Å². The lowest BCUT2D eigenvalue weighted by atomic mass is 10.0. The summed E-state index contributed by atoms with van der Waals surface area (Å²) in [5.74, 6) is -0.603. The number of amides is 2. The minimum atomic E-state index is -0.548. The lowest BCUT2D eigenvalue weighted by Gasteiger charge is -2.16. The van der Waals surface area contributed by atoms with E-state index in [9.17, 15) is 14.0 Å². The van der Waals surface area contributed by atoms with Crippen molar-refractivity contribution in [2.45, 2.75) is 32.0 Å². The Labute approximate surface area is 181 Å². The number of anilines is 1. The molecule has 2 heterocycles. The Morgan fingerprint density at radius 2 is 2.00 bits per heavy atom. The van der Waals surface area contributed by atoms with Gasteiger partial charge in [-0.2, -0.15) is 0 Å². The van der Waals surface area contributed by atoms with Crippen LogP contribution in [0.25, 0.3) is 11.1 Å². The monoisotopic (exact) mass is 426 g/mol. The first-order valence-electron chi connectivity index (χ1n) is 10.5. The van der Waals surface area contributed by atoms with Gasteiger partial charge in [-0.05, 0) is 35.7 Å². The van der Waals surface area contributed by atoms with Crippen LogP contribution in [0, 0.1) is 5.82 Å². The topological polar surface area (TPSA) is 87.9 Å². The number of carbonyl (C=O) groups excluding carboxylic acids is 2. The normalized spacial score (nSPS) is 21.4. The number of carbonyl (C=O) groups is 2. The van der Waals surface area contributed by atoms with Gasteiger partial charge in [0.25, 0.3) is 0 Å². The number of cyclic esters (lactones) is 1. The van der Waals surface area contributed by atoms with Crippen LogP contribution < -0.4 is 16.0 Å². The number of hydrogen-bond acceptors (Lipinski definition) is 5. The van der Waals surface area contributed by atoms with Crippen LogP contribution in [0.4, 0.5) is 14.9 Å². The van der Waals surface area contributed by atoms with Gasteiger partial charge in [0.05, 0.1) is 18.8 Å². The van der Waals surface area contributed by atoms with Gasteiger partial charge in [0.2, 0.25) is 5.91 Å². The van der Waals surface area contributed by atoms with Crippen molar-refractivity contribution in [2.24, 2.45) is 5.73 Å². The third-order valence-corrected chi connectivity index (χ3v) is 5.70. The van der Waals surface area contributed by atoms with Crippen molar-refractivity contribution in [3.63, 3.8) is 0 Å². The third-order valence-electron chi connectivity index (χ3n) is 5.70. The SMILES string of the molecule is CC(=O)NC[C@H]1CN(c2ccc(-c3ccc(CN4CCC(N)C4)cc3)c(F)c2)C(=O)O1. The van der Waals surface area contributed by atoms with E-state index < -0.39 is 18.0 Å². The number of benzene rings is 2. The molecule has 0 aromatic heterocycles. The van der Waals surface area contributed by atoms with Gasteiger partial charge in [0.1, 0.15) is 11.9 Å². The Morgan fingerprint density at radius 1 is 1.23 bits per heavy atom. The average Bonchev–Trinajstić information content (AvgIpc) is 3.32. The molecule has 2 aromatic rings. The van der Waals surface area contributed by atoms with Crippen LogP contribution in [0.5, 0.6) is 0 Å². The highest BCUT2D eigenvalue weighted by molar-refractivity contribution is 5.90. The summed E-state index contributed by atoms with van der Waals surface area (Å²) in [5, 5.41) is 2.63. The molecule has 0 saturated carbocycles. The van der Waals surface area contributed by atoms with Crippen molar-refractivity contribution >= 4 is 17.7 Å². The minimum absolute atomic E-state index is 0.195. The van der Waals surface area contributed by atoms with Crippen molar-refractivity contribution in [3.8, 4) is 11.1 Å². The minimum Gasteiger partial charge on any atom is -0.442 e. The van der Waals surface area contributed by atoms with E-state index in [-0.39, 0.29) is 25.0 Å². The number of ether oxygens (including phenoxy) is 1. The molecule has 2 fully saturated rings. The fourth-order valence-electron chi connectivity index (χ4n) is 4.06. The summed E-state index contributed by atoms with van der Waals surface area (Å²) in [5.41, 5.74) is 8.81. The van der Waals surface area contributed by atoms with Crippen molar-refractivity contribution in [1.82, 2.24) is 10.2 Å². The molecule has 0 aliphatic carbocycles. The van der Waals surface area contributed by atoms with Gasteiger partial charge < -0.3 is 15.8 Å². The summed E-state index contributed by atoms with van der Waals surface area (Å²) in [6.07, 6.45) is 0.0131. The molecule has 1 unspecified atom stereocenters. The smallest absolute Gasteiger partial charge is 0.414 e. The van der Waals surface area contributed by atoms with E-state index in [4.69, 9.17) is 10.5 Å². The molecule has 3 N–H and O–H groups in total. The van der Waals surface area contributed by atoms with Gasteiger partial charge in [-0.1, -0.05) is 24.3 Å². The second-order valence-electron chi connectivity index (χ2n) is 8.20. The molecule has 2 aromatic carbocycles. The van der Waals surface area contributed by atoms with Gasteiger partial charge in [0.15, 0.2) is 0 Å². The first-order valence-corrected chi connectivity index (χ1v) is 10.5. The van der Waals surface area contributed by atoms with Crippen LogP contribution in [0.1, 0.15) is 18.9 Å². The summed E-state index contributed by atoms with van der Waals surface area (Å²) in [6.45, 7) is 4.63. The van der Waals surface area contributed by atoms with Crippen LogP contribution in [-0.2, 0) is 16.1 Å². The average molecular weight is 426 g/mol. The molecule has 0 bridgehead atoms. The number of nitrogens with one attached hydrogen (secondary N) is 1. The molecule has 164 valence electrons. The Morgan fingerprint density at radius 3 is 2.65 bits per heavy atom. The van der Waals surface area contributed by atoms with Crippen LogP contribution in [0.3, 0.4) is 0 Å². The number of likely N-dealkylation sites (tertiary alicyclic amines) is 1. The summed E-state index contributed by atoms with van der Waals surface area (Å²) >= 11 is 0. The molecule has 2 amide bonds. The number of nitrogens with two attached hydrogens (primary N) is 1. The van der Waals surface area contributed by atoms with Crippen molar-refractivity contribution in [1.29, 1.82) is 0 Å². The lowest BCUT2D eigenvalue weighted by molar-refractivity contribution is -0.119. The Hall–Kier alpha value is -2.97. The van der Waals surface area contributed by atoms with E-state index in [1.807, 2.05) is 24.3 Å². The van der Waals surface area contributed by atoms with E-state index >= 15 is 0 Å². The number of nitrogens with zero attached hydrogens (tertiary/aromatic N) is 2. The molecule has 7 nitrogen and oxygen atoms in total. The molecule has 8 heteroatoms. The number of halogens is 1. The van der Waals surface area contributed by atoms with E-state index in [0.717, 1.165) is 31.6 Å². The third kappa shape index (κ3) is 5.03. The van der Waals surface area contributed by atoms with Gasteiger partial charge >= 0.3 is 6.09 Å².